The SMILES string of the molecule is CCN(CCNC(=O)O)CCC(=O)OC(C)(C)C. The summed E-state index contributed by atoms with van der Waals surface area (Å²) >= 11 is 0. The van der Waals surface area contributed by atoms with Gasteiger partial charge in [-0.1, -0.05) is 6.92 Å². The van der Waals surface area contributed by atoms with Crippen LogP contribution in [-0.4, -0.2) is 53.8 Å². The summed E-state index contributed by atoms with van der Waals surface area (Å²) < 4.78 is 5.20. The highest BCUT2D eigenvalue weighted by atomic mass is 16.6. The summed E-state index contributed by atoms with van der Waals surface area (Å²) in [5, 5.41) is 10.7. The minimum Gasteiger partial charge on any atom is -0.465 e. The highest BCUT2D eigenvalue weighted by Crippen LogP contribution is 2.08. The molecule has 0 spiro atoms. The minimum atomic E-state index is -1.03. The molecule has 0 aliphatic rings. The Hall–Kier alpha value is -1.30. The molecule has 0 rings (SSSR count). The van der Waals surface area contributed by atoms with E-state index in [2.05, 4.69) is 5.32 Å². The van der Waals surface area contributed by atoms with Crippen molar-refractivity contribution >= 4 is 12.1 Å². The Labute approximate surface area is 108 Å². The molecule has 0 aliphatic heterocycles. The van der Waals surface area contributed by atoms with Crippen LogP contribution >= 0.6 is 0 Å². The zero-order valence-electron chi connectivity index (χ0n) is 11.7. The zero-order chi connectivity index (χ0) is 14.2. The molecule has 0 unspecified atom stereocenters. The van der Waals surface area contributed by atoms with E-state index in [-0.39, 0.29) is 5.97 Å². The third kappa shape index (κ3) is 9.89. The molecule has 0 saturated heterocycles. The molecule has 0 atom stereocenters. The van der Waals surface area contributed by atoms with Crippen molar-refractivity contribution in [1.29, 1.82) is 0 Å². The van der Waals surface area contributed by atoms with Crippen LogP contribution < -0.4 is 5.32 Å². The predicted molar refractivity (Wildman–Crippen MR) is 68.6 cm³/mol. The lowest BCUT2D eigenvalue weighted by Gasteiger charge is -2.22. The first kappa shape index (κ1) is 16.7. The van der Waals surface area contributed by atoms with Crippen molar-refractivity contribution in [3.8, 4) is 0 Å². The molecule has 2 N–H and O–H groups in total. The quantitative estimate of drug-likeness (QED) is 0.675. The number of hydrogen-bond donors (Lipinski definition) is 2. The van der Waals surface area contributed by atoms with Crippen LogP contribution in [0.2, 0.25) is 0 Å². The number of rotatable bonds is 7. The van der Waals surface area contributed by atoms with E-state index >= 15 is 0 Å². The molecule has 6 heteroatoms. The molecule has 0 aromatic carbocycles. The predicted octanol–water partition coefficient (Wildman–Crippen LogP) is 1.31. The van der Waals surface area contributed by atoms with Gasteiger partial charge in [-0.3, -0.25) is 4.79 Å². The molecule has 18 heavy (non-hydrogen) atoms. The number of nitrogens with one attached hydrogen (secondary N) is 1. The van der Waals surface area contributed by atoms with Crippen molar-refractivity contribution in [3.05, 3.63) is 0 Å². The Morgan fingerprint density at radius 3 is 2.33 bits per heavy atom. The Kier molecular flexibility index (Phi) is 7.35. The van der Waals surface area contributed by atoms with Crippen LogP contribution in [0.3, 0.4) is 0 Å². The van der Waals surface area contributed by atoms with Crippen molar-refractivity contribution in [2.45, 2.75) is 39.7 Å². The minimum absolute atomic E-state index is 0.229. The fourth-order valence-corrected chi connectivity index (χ4v) is 1.39. The van der Waals surface area contributed by atoms with Crippen molar-refractivity contribution < 1.29 is 19.4 Å². The molecule has 0 radical (unpaired) electrons. The third-order valence-electron chi connectivity index (χ3n) is 2.20. The number of carbonyl (C=O) groups excluding carboxylic acids is 1. The van der Waals surface area contributed by atoms with Gasteiger partial charge < -0.3 is 20.1 Å². The fraction of sp³-hybridized carbons (Fsp3) is 0.833. The van der Waals surface area contributed by atoms with Crippen LogP contribution in [0.4, 0.5) is 4.79 Å². The van der Waals surface area contributed by atoms with E-state index in [9.17, 15) is 9.59 Å². The van der Waals surface area contributed by atoms with Crippen LogP contribution in [0.15, 0.2) is 0 Å². The lowest BCUT2D eigenvalue weighted by molar-refractivity contribution is -0.155. The summed E-state index contributed by atoms with van der Waals surface area (Å²) in [6.45, 7) is 9.76. The lowest BCUT2D eigenvalue weighted by Crippen LogP contribution is -2.36. The van der Waals surface area contributed by atoms with Gasteiger partial charge in [0.25, 0.3) is 0 Å². The fourth-order valence-electron chi connectivity index (χ4n) is 1.39. The number of esters is 1. The number of ether oxygens (including phenoxy) is 1. The summed E-state index contributed by atoms with van der Waals surface area (Å²) in [6.07, 6.45) is -0.712. The van der Waals surface area contributed by atoms with Crippen molar-refractivity contribution in [3.63, 3.8) is 0 Å². The zero-order valence-corrected chi connectivity index (χ0v) is 11.7. The van der Waals surface area contributed by atoms with E-state index in [1.165, 1.54) is 0 Å². The maximum Gasteiger partial charge on any atom is 0.404 e. The number of carbonyl (C=O) groups is 2. The van der Waals surface area contributed by atoms with E-state index in [0.29, 0.717) is 26.1 Å². The number of hydrogen-bond acceptors (Lipinski definition) is 4. The third-order valence-corrected chi connectivity index (χ3v) is 2.20. The number of nitrogens with zero attached hydrogens (tertiary/aromatic N) is 1. The molecule has 6 nitrogen and oxygen atoms in total. The Morgan fingerprint density at radius 1 is 1.28 bits per heavy atom. The van der Waals surface area contributed by atoms with Crippen LogP contribution in [0.25, 0.3) is 0 Å². The maximum absolute atomic E-state index is 11.5. The molecule has 0 heterocycles. The molecule has 0 aromatic rings. The smallest absolute Gasteiger partial charge is 0.404 e. The van der Waals surface area contributed by atoms with Gasteiger partial charge in [-0.05, 0) is 27.3 Å². The average molecular weight is 260 g/mol. The van der Waals surface area contributed by atoms with Gasteiger partial charge in [-0.25, -0.2) is 4.79 Å². The lowest BCUT2D eigenvalue weighted by atomic mass is 10.2. The molecule has 0 aliphatic carbocycles. The van der Waals surface area contributed by atoms with Crippen molar-refractivity contribution in [2.24, 2.45) is 0 Å². The van der Waals surface area contributed by atoms with Gasteiger partial charge in [-0.2, -0.15) is 0 Å². The van der Waals surface area contributed by atoms with Gasteiger partial charge in [0.15, 0.2) is 0 Å². The topological polar surface area (TPSA) is 78.9 Å². The van der Waals surface area contributed by atoms with E-state index in [0.717, 1.165) is 6.54 Å². The second-order valence-electron chi connectivity index (χ2n) is 5.00. The largest absolute Gasteiger partial charge is 0.465 e. The van der Waals surface area contributed by atoms with Crippen molar-refractivity contribution in [1.82, 2.24) is 10.2 Å². The van der Waals surface area contributed by atoms with Gasteiger partial charge in [0.05, 0.1) is 6.42 Å². The molecule has 0 fully saturated rings. The number of carboxylic acid groups (broad SMARTS) is 1. The number of amides is 1. The van der Waals surface area contributed by atoms with E-state index in [1.54, 1.807) is 0 Å². The van der Waals surface area contributed by atoms with Gasteiger partial charge in [0, 0.05) is 19.6 Å². The van der Waals surface area contributed by atoms with E-state index in [4.69, 9.17) is 9.84 Å². The Bertz CT molecular complexity index is 274. The van der Waals surface area contributed by atoms with Crippen LogP contribution in [0.1, 0.15) is 34.1 Å². The van der Waals surface area contributed by atoms with E-state index in [1.807, 2.05) is 32.6 Å². The molecule has 1 amide bonds. The Morgan fingerprint density at radius 2 is 1.89 bits per heavy atom. The highest BCUT2D eigenvalue weighted by molar-refractivity contribution is 5.70. The number of likely N-dealkylation sites (N-methyl/N-ethyl adjacent to an activating group) is 1. The molecular weight excluding hydrogens is 236 g/mol. The first-order chi connectivity index (χ1) is 8.24. The van der Waals surface area contributed by atoms with Crippen LogP contribution in [0.5, 0.6) is 0 Å². The van der Waals surface area contributed by atoms with E-state index < -0.39 is 11.7 Å². The molecule has 0 saturated carbocycles. The standard InChI is InChI=1S/C12H24N2O4/c1-5-14(9-7-13-11(16)17)8-6-10(15)18-12(2,3)4/h13H,5-9H2,1-4H3,(H,16,17). The highest BCUT2D eigenvalue weighted by Gasteiger charge is 2.16. The first-order valence-corrected chi connectivity index (χ1v) is 6.15. The molecule has 0 aromatic heterocycles. The van der Waals surface area contributed by atoms with Gasteiger partial charge in [0.1, 0.15) is 5.60 Å². The monoisotopic (exact) mass is 260 g/mol. The van der Waals surface area contributed by atoms with Crippen LogP contribution in [0, 0.1) is 0 Å². The van der Waals surface area contributed by atoms with Crippen LogP contribution in [-0.2, 0) is 9.53 Å². The maximum atomic E-state index is 11.5. The van der Waals surface area contributed by atoms with Crippen molar-refractivity contribution in [2.75, 3.05) is 26.2 Å². The average Bonchev–Trinajstić information content (AvgIpc) is 2.20. The summed E-state index contributed by atoms with van der Waals surface area (Å²) in [5.41, 5.74) is -0.459. The summed E-state index contributed by atoms with van der Waals surface area (Å²) in [4.78, 5) is 23.8. The van der Waals surface area contributed by atoms with Gasteiger partial charge in [-0.15, -0.1) is 0 Å². The molecule has 106 valence electrons. The molecule has 0 bridgehead atoms. The summed E-state index contributed by atoms with van der Waals surface area (Å²) in [5.74, 6) is -0.229. The molecular formula is C12H24N2O4. The normalized spacial score (nSPS) is 11.4. The first-order valence-electron chi connectivity index (χ1n) is 6.15. The Balaban J connectivity index is 3.85. The summed E-state index contributed by atoms with van der Waals surface area (Å²) in [7, 11) is 0. The summed E-state index contributed by atoms with van der Waals surface area (Å²) in [6, 6.07) is 0. The van der Waals surface area contributed by atoms with Gasteiger partial charge >= 0.3 is 12.1 Å². The second-order valence-corrected chi connectivity index (χ2v) is 5.00. The second kappa shape index (κ2) is 7.92. The van der Waals surface area contributed by atoms with Gasteiger partial charge in [0.2, 0.25) is 0 Å².